The standard InChI is InChI=1S/C19H22N2O6S2/c1-26-18(22)14-5-6-16(19(23)27-2)17(12-14)29(24,25)21-9-7-20(8-10-21)13-15-4-3-11-28-15/h3-6,11-12H,7-10,13H2,1-2H3. The topological polar surface area (TPSA) is 93.2 Å². The number of hydrogen-bond acceptors (Lipinski definition) is 8. The molecule has 1 aliphatic heterocycles. The number of piperazine rings is 1. The van der Waals surface area contributed by atoms with E-state index in [4.69, 9.17) is 4.74 Å². The van der Waals surface area contributed by atoms with Crippen molar-refractivity contribution in [3.63, 3.8) is 0 Å². The summed E-state index contributed by atoms with van der Waals surface area (Å²) in [7, 11) is -1.61. The van der Waals surface area contributed by atoms with Gasteiger partial charge in [0.05, 0.1) is 30.2 Å². The minimum Gasteiger partial charge on any atom is -0.465 e. The van der Waals surface area contributed by atoms with E-state index in [0.29, 0.717) is 13.1 Å². The van der Waals surface area contributed by atoms with Gasteiger partial charge in [-0.3, -0.25) is 4.90 Å². The first-order valence-corrected chi connectivity index (χ1v) is 11.2. The maximum atomic E-state index is 13.3. The molecule has 0 saturated carbocycles. The zero-order chi connectivity index (χ0) is 21.0. The van der Waals surface area contributed by atoms with Crippen LogP contribution in [0.1, 0.15) is 25.6 Å². The molecule has 0 aliphatic carbocycles. The number of methoxy groups -OCH3 is 2. The Balaban J connectivity index is 1.84. The number of carbonyl (C=O) groups is 2. The van der Waals surface area contributed by atoms with Crippen molar-refractivity contribution in [1.29, 1.82) is 0 Å². The van der Waals surface area contributed by atoms with Gasteiger partial charge in [-0.25, -0.2) is 18.0 Å². The van der Waals surface area contributed by atoms with Gasteiger partial charge < -0.3 is 9.47 Å². The van der Waals surface area contributed by atoms with Crippen molar-refractivity contribution in [2.45, 2.75) is 11.4 Å². The Labute approximate surface area is 173 Å². The van der Waals surface area contributed by atoms with Crippen molar-refractivity contribution >= 4 is 33.3 Å². The number of thiophene rings is 1. The molecule has 1 aliphatic rings. The second kappa shape index (κ2) is 9.04. The fourth-order valence-electron chi connectivity index (χ4n) is 3.15. The highest BCUT2D eigenvalue weighted by Crippen LogP contribution is 2.25. The number of rotatable bonds is 6. The molecule has 1 aromatic heterocycles. The lowest BCUT2D eigenvalue weighted by Crippen LogP contribution is -2.48. The molecule has 0 spiro atoms. The third-order valence-corrected chi connectivity index (χ3v) is 7.52. The van der Waals surface area contributed by atoms with Gasteiger partial charge in [0, 0.05) is 37.6 Å². The van der Waals surface area contributed by atoms with Crippen molar-refractivity contribution < 1.29 is 27.5 Å². The third kappa shape index (κ3) is 4.67. The molecule has 0 radical (unpaired) electrons. The quantitative estimate of drug-likeness (QED) is 0.635. The number of nitrogens with zero attached hydrogens (tertiary/aromatic N) is 2. The van der Waals surface area contributed by atoms with Crippen molar-refractivity contribution in [3.8, 4) is 0 Å². The molecule has 0 atom stereocenters. The number of hydrogen-bond donors (Lipinski definition) is 0. The van der Waals surface area contributed by atoms with E-state index in [9.17, 15) is 18.0 Å². The van der Waals surface area contributed by atoms with E-state index in [-0.39, 0.29) is 29.1 Å². The summed E-state index contributed by atoms with van der Waals surface area (Å²) < 4.78 is 37.3. The van der Waals surface area contributed by atoms with Crippen LogP contribution in [0.4, 0.5) is 0 Å². The number of ether oxygens (including phenoxy) is 2. The van der Waals surface area contributed by atoms with Crippen molar-refractivity contribution in [2.24, 2.45) is 0 Å². The van der Waals surface area contributed by atoms with E-state index in [0.717, 1.165) is 6.54 Å². The molecule has 29 heavy (non-hydrogen) atoms. The highest BCUT2D eigenvalue weighted by Gasteiger charge is 2.33. The zero-order valence-electron chi connectivity index (χ0n) is 16.2. The highest BCUT2D eigenvalue weighted by molar-refractivity contribution is 7.89. The lowest BCUT2D eigenvalue weighted by Gasteiger charge is -2.34. The molecule has 0 amide bonds. The van der Waals surface area contributed by atoms with Crippen LogP contribution in [0.5, 0.6) is 0 Å². The van der Waals surface area contributed by atoms with E-state index in [1.54, 1.807) is 11.3 Å². The third-order valence-electron chi connectivity index (χ3n) is 4.72. The van der Waals surface area contributed by atoms with Gasteiger partial charge in [0.25, 0.3) is 0 Å². The molecule has 0 unspecified atom stereocenters. The normalized spacial score (nSPS) is 15.8. The Morgan fingerprint density at radius 2 is 1.72 bits per heavy atom. The summed E-state index contributed by atoms with van der Waals surface area (Å²) in [5.74, 6) is -1.46. The van der Waals surface area contributed by atoms with Crippen LogP contribution in [-0.2, 0) is 26.0 Å². The van der Waals surface area contributed by atoms with E-state index in [1.165, 1.54) is 41.6 Å². The van der Waals surface area contributed by atoms with Crippen molar-refractivity contribution in [3.05, 3.63) is 51.7 Å². The van der Waals surface area contributed by atoms with Crippen LogP contribution in [0.25, 0.3) is 0 Å². The number of benzene rings is 1. The smallest absolute Gasteiger partial charge is 0.339 e. The summed E-state index contributed by atoms with van der Waals surface area (Å²) in [4.78, 5) is 27.1. The first-order chi connectivity index (χ1) is 13.9. The SMILES string of the molecule is COC(=O)c1ccc(C(=O)OC)c(S(=O)(=O)N2CCN(Cc3cccs3)CC2)c1. The summed E-state index contributed by atoms with van der Waals surface area (Å²) in [6.07, 6.45) is 0. The molecular formula is C19H22N2O6S2. The lowest BCUT2D eigenvalue weighted by atomic mass is 10.1. The molecule has 0 bridgehead atoms. The number of carbonyl (C=O) groups excluding carboxylic acids is 2. The largest absolute Gasteiger partial charge is 0.465 e. The molecular weight excluding hydrogens is 416 g/mol. The molecule has 2 aromatic rings. The second-order valence-electron chi connectivity index (χ2n) is 6.45. The molecule has 156 valence electrons. The fraction of sp³-hybridized carbons (Fsp3) is 0.368. The van der Waals surface area contributed by atoms with Gasteiger partial charge >= 0.3 is 11.9 Å². The molecule has 0 N–H and O–H groups in total. The first kappa shape index (κ1) is 21.4. The number of sulfonamides is 1. The van der Waals surface area contributed by atoms with Crippen LogP contribution in [0.3, 0.4) is 0 Å². The maximum Gasteiger partial charge on any atom is 0.339 e. The number of esters is 2. The molecule has 10 heteroatoms. The zero-order valence-corrected chi connectivity index (χ0v) is 17.8. The van der Waals surface area contributed by atoms with E-state index in [1.807, 2.05) is 11.4 Å². The Hall–Kier alpha value is -2.27. The summed E-state index contributed by atoms with van der Waals surface area (Å²) in [5, 5.41) is 2.01. The van der Waals surface area contributed by atoms with Crippen LogP contribution in [0.15, 0.2) is 40.6 Å². The van der Waals surface area contributed by atoms with E-state index >= 15 is 0 Å². The maximum absolute atomic E-state index is 13.3. The predicted octanol–water partition coefficient (Wildman–Crippen LogP) is 1.83. The molecule has 8 nitrogen and oxygen atoms in total. The summed E-state index contributed by atoms with van der Waals surface area (Å²) in [5.41, 5.74) is -0.0590. The average molecular weight is 439 g/mol. The van der Waals surface area contributed by atoms with Crippen LogP contribution in [0.2, 0.25) is 0 Å². The first-order valence-electron chi connectivity index (χ1n) is 8.92. The van der Waals surface area contributed by atoms with E-state index < -0.39 is 22.0 Å². The highest BCUT2D eigenvalue weighted by atomic mass is 32.2. The van der Waals surface area contributed by atoms with Gasteiger partial charge in [0.15, 0.2) is 0 Å². The van der Waals surface area contributed by atoms with Crippen LogP contribution in [-0.4, -0.2) is 70.0 Å². The van der Waals surface area contributed by atoms with Gasteiger partial charge in [-0.15, -0.1) is 11.3 Å². The van der Waals surface area contributed by atoms with Gasteiger partial charge in [0.1, 0.15) is 0 Å². The van der Waals surface area contributed by atoms with Crippen LogP contribution >= 0.6 is 11.3 Å². The minimum absolute atomic E-state index is 0.0510. The predicted molar refractivity (Wildman–Crippen MR) is 107 cm³/mol. The molecule has 2 heterocycles. The van der Waals surface area contributed by atoms with Crippen LogP contribution in [0, 0.1) is 0 Å². The van der Waals surface area contributed by atoms with E-state index in [2.05, 4.69) is 15.7 Å². The molecule has 1 fully saturated rings. The second-order valence-corrected chi connectivity index (χ2v) is 9.39. The Kier molecular flexibility index (Phi) is 6.68. The van der Waals surface area contributed by atoms with Crippen molar-refractivity contribution in [2.75, 3.05) is 40.4 Å². The molecule has 1 saturated heterocycles. The lowest BCUT2D eigenvalue weighted by molar-refractivity contribution is 0.0583. The Bertz CT molecular complexity index is 980. The van der Waals surface area contributed by atoms with Gasteiger partial charge in [0.2, 0.25) is 10.0 Å². The average Bonchev–Trinajstić information content (AvgIpc) is 3.25. The minimum atomic E-state index is -4.00. The summed E-state index contributed by atoms with van der Waals surface area (Å²) in [6, 6.07) is 7.83. The monoisotopic (exact) mass is 438 g/mol. The molecule has 3 rings (SSSR count). The Morgan fingerprint density at radius 1 is 1.03 bits per heavy atom. The fourth-order valence-corrected chi connectivity index (χ4v) is 5.52. The van der Waals surface area contributed by atoms with Gasteiger partial charge in [-0.2, -0.15) is 4.31 Å². The molecule has 1 aromatic carbocycles. The summed E-state index contributed by atoms with van der Waals surface area (Å²) in [6.45, 7) is 2.49. The van der Waals surface area contributed by atoms with Crippen molar-refractivity contribution in [1.82, 2.24) is 9.21 Å². The van der Waals surface area contributed by atoms with Gasteiger partial charge in [-0.1, -0.05) is 6.07 Å². The van der Waals surface area contributed by atoms with Gasteiger partial charge in [-0.05, 0) is 29.6 Å². The van der Waals surface area contributed by atoms with Crippen LogP contribution < -0.4 is 0 Å². The summed E-state index contributed by atoms with van der Waals surface area (Å²) >= 11 is 1.67. The Morgan fingerprint density at radius 3 is 2.31 bits per heavy atom.